The summed E-state index contributed by atoms with van der Waals surface area (Å²) in [6, 6.07) is 1.60. The van der Waals surface area contributed by atoms with E-state index >= 15 is 0 Å². The van der Waals surface area contributed by atoms with E-state index in [0.29, 0.717) is 11.3 Å². The van der Waals surface area contributed by atoms with Crippen LogP contribution in [0.5, 0.6) is 5.75 Å². The molecule has 0 unspecified atom stereocenters. The molecule has 0 aliphatic carbocycles. The maximum absolute atomic E-state index is 11.8. The molecule has 0 aliphatic heterocycles. The van der Waals surface area contributed by atoms with Crippen LogP contribution in [0.15, 0.2) is 28.8 Å². The van der Waals surface area contributed by atoms with Crippen LogP contribution in [0.3, 0.4) is 0 Å². The highest BCUT2D eigenvalue weighted by molar-refractivity contribution is 6.45. The summed E-state index contributed by atoms with van der Waals surface area (Å²) >= 11 is 0. The Morgan fingerprint density at radius 2 is 2.11 bits per heavy atom. The van der Waals surface area contributed by atoms with E-state index in [0.717, 1.165) is 5.71 Å². The smallest absolute Gasteiger partial charge is 0.273 e. The molecule has 1 aromatic heterocycles. The summed E-state index contributed by atoms with van der Waals surface area (Å²) in [5.41, 5.74) is 1.27. The van der Waals surface area contributed by atoms with Gasteiger partial charge in [0.25, 0.3) is 5.91 Å². The molecule has 0 saturated heterocycles. The molecule has 0 fully saturated rings. The van der Waals surface area contributed by atoms with Crippen molar-refractivity contribution in [1.29, 1.82) is 0 Å². The lowest BCUT2D eigenvalue weighted by Gasteiger charge is -2.08. The number of pyridine rings is 1. The van der Waals surface area contributed by atoms with Crippen LogP contribution in [0.2, 0.25) is 0 Å². The predicted molar refractivity (Wildman–Crippen MR) is 71.3 cm³/mol. The number of nitrogens with one attached hydrogen (secondary N) is 1. The van der Waals surface area contributed by atoms with E-state index in [1.165, 1.54) is 26.6 Å². The van der Waals surface area contributed by atoms with Gasteiger partial charge in [-0.25, -0.2) is 0 Å². The van der Waals surface area contributed by atoms with Gasteiger partial charge >= 0.3 is 0 Å². The van der Waals surface area contributed by atoms with Gasteiger partial charge in [0.15, 0.2) is 11.5 Å². The summed E-state index contributed by atoms with van der Waals surface area (Å²) in [5, 5.41) is 10.0. The van der Waals surface area contributed by atoms with Gasteiger partial charge in [-0.1, -0.05) is 10.3 Å². The first-order chi connectivity index (χ1) is 9.10. The van der Waals surface area contributed by atoms with E-state index in [1.54, 1.807) is 19.9 Å². The largest absolute Gasteiger partial charge is 0.398 e. The Morgan fingerprint density at radius 3 is 2.68 bits per heavy atom. The van der Waals surface area contributed by atoms with Gasteiger partial charge in [-0.15, -0.1) is 0 Å². The van der Waals surface area contributed by atoms with Crippen LogP contribution >= 0.6 is 0 Å². The Balaban J connectivity index is 3.20. The number of likely N-dealkylation sites (N-methyl/N-ethyl adjacent to an activating group) is 1. The fourth-order valence-corrected chi connectivity index (χ4v) is 1.21. The first-order valence-electron chi connectivity index (χ1n) is 5.56. The summed E-state index contributed by atoms with van der Waals surface area (Å²) in [5.74, 6) is -0.0711. The Morgan fingerprint density at radius 1 is 1.37 bits per heavy atom. The fraction of sp³-hybridized carbons (Fsp3) is 0.333. The number of carbonyl (C=O) groups excluding carboxylic acids is 1. The first-order valence-corrected chi connectivity index (χ1v) is 5.56. The average Bonchev–Trinajstić information content (AvgIpc) is 2.42. The molecule has 19 heavy (non-hydrogen) atoms. The lowest BCUT2D eigenvalue weighted by Crippen LogP contribution is -2.29. The Hall–Kier alpha value is -2.44. The number of hydrogen-bond acceptors (Lipinski definition) is 6. The van der Waals surface area contributed by atoms with Crippen molar-refractivity contribution in [3.63, 3.8) is 0 Å². The molecule has 7 heteroatoms. The second-order valence-corrected chi connectivity index (χ2v) is 3.70. The van der Waals surface area contributed by atoms with Crippen molar-refractivity contribution in [2.45, 2.75) is 13.8 Å². The number of carbonyl (C=O) groups is 1. The third-order valence-corrected chi connectivity index (χ3v) is 1.99. The van der Waals surface area contributed by atoms with E-state index in [1.807, 2.05) is 0 Å². The lowest BCUT2D eigenvalue weighted by atomic mass is 10.1. The molecule has 1 N–H and O–H groups in total. The molecule has 7 nitrogen and oxygen atoms in total. The van der Waals surface area contributed by atoms with Gasteiger partial charge in [0.2, 0.25) is 0 Å². The van der Waals surface area contributed by atoms with Gasteiger partial charge in [-0.05, 0) is 19.9 Å². The number of oxime groups is 2. The van der Waals surface area contributed by atoms with Crippen LogP contribution in [-0.4, -0.2) is 36.5 Å². The van der Waals surface area contributed by atoms with Crippen molar-refractivity contribution in [3.05, 3.63) is 24.0 Å². The van der Waals surface area contributed by atoms with Crippen LogP contribution in [0.1, 0.15) is 19.4 Å². The second kappa shape index (κ2) is 7.10. The minimum absolute atomic E-state index is 0.0892. The third-order valence-electron chi connectivity index (χ3n) is 1.99. The lowest BCUT2D eigenvalue weighted by molar-refractivity contribution is -0.114. The van der Waals surface area contributed by atoms with Crippen molar-refractivity contribution in [3.8, 4) is 5.75 Å². The van der Waals surface area contributed by atoms with Gasteiger partial charge < -0.3 is 15.0 Å². The minimum Gasteiger partial charge on any atom is -0.398 e. The van der Waals surface area contributed by atoms with E-state index in [-0.39, 0.29) is 5.71 Å². The number of rotatable bonds is 5. The molecule has 1 rings (SSSR count). The molecule has 0 spiro atoms. The maximum Gasteiger partial charge on any atom is 0.273 e. The summed E-state index contributed by atoms with van der Waals surface area (Å²) in [6.07, 6.45) is 2.98. The second-order valence-electron chi connectivity index (χ2n) is 3.70. The minimum atomic E-state index is -0.393. The average molecular weight is 264 g/mol. The zero-order valence-electron chi connectivity index (χ0n) is 11.3. The van der Waals surface area contributed by atoms with Crippen molar-refractivity contribution in [2.75, 3.05) is 14.2 Å². The van der Waals surface area contributed by atoms with Crippen LogP contribution in [0.25, 0.3) is 0 Å². The molecule has 102 valence electrons. The van der Waals surface area contributed by atoms with Gasteiger partial charge in [0.1, 0.15) is 7.11 Å². The highest BCUT2D eigenvalue weighted by Crippen LogP contribution is 2.18. The van der Waals surface area contributed by atoms with Gasteiger partial charge in [-0.3, -0.25) is 9.78 Å². The van der Waals surface area contributed by atoms with Gasteiger partial charge in [0, 0.05) is 13.2 Å². The number of aromatic nitrogens is 1. The Bertz CT molecular complexity index is 507. The Labute approximate surface area is 111 Å². The first kappa shape index (κ1) is 14.6. The standard InChI is InChI=1S/C12H16N4O3/c1-8(2)15-19-10-7-14-6-5-9(10)11(16-18-4)12(17)13-3/h5-7H,1-4H3,(H,13,17)/b16-11+. The van der Waals surface area contributed by atoms with Crippen molar-refractivity contribution >= 4 is 17.3 Å². The van der Waals surface area contributed by atoms with Gasteiger partial charge in [0.05, 0.1) is 17.5 Å². The highest BCUT2D eigenvalue weighted by atomic mass is 16.6. The molecule has 0 saturated carbocycles. The fourth-order valence-electron chi connectivity index (χ4n) is 1.21. The van der Waals surface area contributed by atoms with Crippen LogP contribution in [0.4, 0.5) is 0 Å². The summed E-state index contributed by atoms with van der Waals surface area (Å²) in [6.45, 7) is 3.58. The van der Waals surface area contributed by atoms with Crippen LogP contribution < -0.4 is 10.2 Å². The van der Waals surface area contributed by atoms with E-state index in [2.05, 4.69) is 25.4 Å². The van der Waals surface area contributed by atoms with E-state index in [9.17, 15) is 4.79 Å². The van der Waals surface area contributed by atoms with Crippen molar-refractivity contribution in [2.24, 2.45) is 10.3 Å². The quantitative estimate of drug-likeness (QED) is 0.634. The molecule has 0 atom stereocenters. The summed E-state index contributed by atoms with van der Waals surface area (Å²) in [4.78, 5) is 25.6. The summed E-state index contributed by atoms with van der Waals surface area (Å²) < 4.78 is 0. The van der Waals surface area contributed by atoms with E-state index < -0.39 is 5.91 Å². The molecular weight excluding hydrogens is 248 g/mol. The molecule has 1 aromatic rings. The third kappa shape index (κ3) is 4.06. The normalized spacial score (nSPS) is 10.6. The molecule has 0 bridgehead atoms. The topological polar surface area (TPSA) is 85.2 Å². The molecule has 0 aliphatic rings. The molecule has 1 heterocycles. The van der Waals surface area contributed by atoms with Crippen molar-refractivity contribution in [1.82, 2.24) is 10.3 Å². The number of amides is 1. The molecular formula is C12H16N4O3. The van der Waals surface area contributed by atoms with Crippen LogP contribution in [0, 0.1) is 0 Å². The van der Waals surface area contributed by atoms with Crippen molar-refractivity contribution < 1.29 is 14.5 Å². The number of nitrogens with zero attached hydrogens (tertiary/aromatic N) is 3. The zero-order valence-corrected chi connectivity index (χ0v) is 11.3. The van der Waals surface area contributed by atoms with Crippen LogP contribution in [-0.2, 0) is 9.63 Å². The molecule has 1 amide bonds. The van der Waals surface area contributed by atoms with Gasteiger partial charge in [-0.2, -0.15) is 0 Å². The SMILES string of the molecule is CNC(=O)/C(=N/OC)c1ccncc1ON=C(C)C. The summed E-state index contributed by atoms with van der Waals surface area (Å²) in [7, 11) is 2.86. The predicted octanol–water partition coefficient (Wildman–Crippen LogP) is 0.953. The Kier molecular flexibility index (Phi) is 5.46. The van der Waals surface area contributed by atoms with E-state index in [4.69, 9.17) is 4.84 Å². The monoisotopic (exact) mass is 264 g/mol. The molecule has 0 radical (unpaired) electrons. The molecule has 0 aromatic carbocycles. The zero-order chi connectivity index (χ0) is 14.3. The maximum atomic E-state index is 11.8. The highest BCUT2D eigenvalue weighted by Gasteiger charge is 2.18. The number of hydrogen-bond donors (Lipinski definition) is 1.